The maximum atomic E-state index is 14.1. The van der Waals surface area contributed by atoms with Gasteiger partial charge in [0, 0.05) is 17.3 Å². The molecule has 30 heavy (non-hydrogen) atoms. The molecule has 3 aromatic rings. The van der Waals surface area contributed by atoms with Gasteiger partial charge in [-0.15, -0.1) is 0 Å². The fraction of sp³-hybridized carbons (Fsp3) is 0.143. The SMILES string of the molecule is Cc1nn(-c2ccc(F)cc2F)c(C)c1CC(=O)ON1C(=O)c2ccccc2C1=O. The molecule has 7 nitrogen and oxygen atoms in total. The molecule has 1 aliphatic rings. The van der Waals surface area contributed by atoms with Gasteiger partial charge in [-0.2, -0.15) is 5.10 Å². The fourth-order valence-corrected chi connectivity index (χ4v) is 3.35. The molecule has 2 heterocycles. The number of hydrogen-bond donors (Lipinski definition) is 0. The molecule has 0 saturated heterocycles. The third kappa shape index (κ3) is 3.14. The quantitative estimate of drug-likeness (QED) is 0.617. The van der Waals surface area contributed by atoms with E-state index in [-0.39, 0.29) is 23.2 Å². The predicted octanol–water partition coefficient (Wildman–Crippen LogP) is 3.06. The molecule has 0 spiro atoms. The summed E-state index contributed by atoms with van der Waals surface area (Å²) in [5, 5.41) is 4.65. The molecule has 0 N–H and O–H groups in total. The van der Waals surface area contributed by atoms with Crippen LogP contribution in [0.5, 0.6) is 0 Å². The first-order valence-corrected chi connectivity index (χ1v) is 8.97. The van der Waals surface area contributed by atoms with Gasteiger partial charge < -0.3 is 4.84 Å². The smallest absolute Gasteiger partial charge is 0.329 e. The van der Waals surface area contributed by atoms with Crippen molar-refractivity contribution in [1.82, 2.24) is 14.8 Å². The molecule has 0 atom stereocenters. The number of halogens is 2. The predicted molar refractivity (Wildman–Crippen MR) is 99.7 cm³/mol. The number of hydroxylamine groups is 2. The Bertz CT molecular complexity index is 1180. The number of aromatic nitrogens is 2. The van der Waals surface area contributed by atoms with Gasteiger partial charge in [0.25, 0.3) is 11.8 Å². The van der Waals surface area contributed by atoms with Crippen LogP contribution in [0.2, 0.25) is 0 Å². The van der Waals surface area contributed by atoms with Gasteiger partial charge in [-0.1, -0.05) is 17.2 Å². The van der Waals surface area contributed by atoms with Crippen molar-refractivity contribution in [3.05, 3.63) is 82.2 Å². The summed E-state index contributed by atoms with van der Waals surface area (Å²) in [6.07, 6.45) is -0.298. The minimum absolute atomic E-state index is 0.0250. The van der Waals surface area contributed by atoms with Gasteiger partial charge in [0.15, 0.2) is 5.82 Å². The third-order valence-corrected chi connectivity index (χ3v) is 4.85. The fourth-order valence-electron chi connectivity index (χ4n) is 3.35. The van der Waals surface area contributed by atoms with E-state index in [2.05, 4.69) is 5.10 Å². The zero-order valence-corrected chi connectivity index (χ0v) is 16.0. The minimum Gasteiger partial charge on any atom is -0.329 e. The van der Waals surface area contributed by atoms with Crippen molar-refractivity contribution in [3.8, 4) is 5.69 Å². The van der Waals surface area contributed by atoms with E-state index in [1.807, 2.05) is 0 Å². The van der Waals surface area contributed by atoms with Gasteiger partial charge >= 0.3 is 5.97 Å². The Kier molecular flexibility index (Phi) is 4.65. The molecular weight excluding hydrogens is 396 g/mol. The van der Waals surface area contributed by atoms with Crippen LogP contribution in [0.1, 0.15) is 37.7 Å². The van der Waals surface area contributed by atoms with Crippen LogP contribution >= 0.6 is 0 Å². The number of nitrogens with zero attached hydrogens (tertiary/aromatic N) is 3. The minimum atomic E-state index is -0.852. The lowest BCUT2D eigenvalue weighted by atomic mass is 10.1. The molecule has 2 aromatic carbocycles. The summed E-state index contributed by atoms with van der Waals surface area (Å²) in [7, 11) is 0. The van der Waals surface area contributed by atoms with Gasteiger partial charge in [-0.25, -0.2) is 18.3 Å². The zero-order chi connectivity index (χ0) is 21.6. The van der Waals surface area contributed by atoms with Crippen LogP contribution in [-0.2, 0) is 16.1 Å². The van der Waals surface area contributed by atoms with E-state index >= 15 is 0 Å². The van der Waals surface area contributed by atoms with Gasteiger partial charge in [-0.3, -0.25) is 9.59 Å². The second kappa shape index (κ2) is 7.18. The number of carbonyl (C=O) groups is 3. The number of aryl methyl sites for hydroxylation is 1. The normalized spacial score (nSPS) is 13.0. The molecule has 0 fully saturated rings. The Labute approximate surface area is 169 Å². The number of imide groups is 1. The lowest BCUT2D eigenvalue weighted by molar-refractivity contribution is -0.167. The van der Waals surface area contributed by atoms with Crippen LogP contribution in [0.4, 0.5) is 8.78 Å². The largest absolute Gasteiger partial charge is 0.337 e. The van der Waals surface area contributed by atoms with Crippen molar-refractivity contribution in [2.75, 3.05) is 0 Å². The second-order valence-corrected chi connectivity index (χ2v) is 6.75. The van der Waals surface area contributed by atoms with Crippen LogP contribution < -0.4 is 0 Å². The number of hydrogen-bond acceptors (Lipinski definition) is 5. The highest BCUT2D eigenvalue weighted by Crippen LogP contribution is 2.24. The van der Waals surface area contributed by atoms with Gasteiger partial charge in [0.1, 0.15) is 11.5 Å². The molecule has 2 amide bonds. The van der Waals surface area contributed by atoms with E-state index < -0.39 is 29.4 Å². The lowest BCUT2D eigenvalue weighted by Crippen LogP contribution is -2.33. The molecule has 152 valence electrons. The van der Waals surface area contributed by atoms with Crippen LogP contribution in [-0.4, -0.2) is 32.6 Å². The second-order valence-electron chi connectivity index (χ2n) is 6.75. The average molecular weight is 411 g/mol. The highest BCUT2D eigenvalue weighted by Gasteiger charge is 2.38. The summed E-state index contributed by atoms with van der Waals surface area (Å²) in [6.45, 7) is 3.24. The van der Waals surface area contributed by atoms with E-state index in [0.29, 0.717) is 22.0 Å². The number of amides is 2. The molecule has 0 bridgehead atoms. The maximum absolute atomic E-state index is 14.1. The van der Waals surface area contributed by atoms with Crippen molar-refractivity contribution in [2.45, 2.75) is 20.3 Å². The van der Waals surface area contributed by atoms with Gasteiger partial charge in [0.05, 0.1) is 23.2 Å². The van der Waals surface area contributed by atoms with Crippen molar-refractivity contribution in [2.24, 2.45) is 0 Å². The summed E-state index contributed by atoms with van der Waals surface area (Å²) in [6, 6.07) is 9.23. The molecular formula is C21H15F2N3O4. The molecule has 9 heteroatoms. The summed E-state index contributed by atoms with van der Waals surface area (Å²) in [4.78, 5) is 42.1. The molecule has 1 aliphatic heterocycles. The van der Waals surface area contributed by atoms with Gasteiger partial charge in [0.2, 0.25) is 0 Å². The van der Waals surface area contributed by atoms with E-state index in [1.54, 1.807) is 26.0 Å². The zero-order valence-electron chi connectivity index (χ0n) is 16.0. The standard InChI is InChI=1S/C21H15F2N3O4/c1-11-16(12(2)25(24-11)18-8-7-13(22)9-17(18)23)10-19(27)30-26-20(28)14-5-3-4-6-15(14)21(26)29/h3-9H,10H2,1-2H3. The first-order valence-electron chi connectivity index (χ1n) is 8.97. The summed E-state index contributed by atoms with van der Waals surface area (Å²) in [5.41, 5.74) is 1.65. The number of benzene rings is 2. The van der Waals surface area contributed by atoms with E-state index in [0.717, 1.165) is 12.1 Å². The number of rotatable bonds is 4. The van der Waals surface area contributed by atoms with E-state index in [1.165, 1.54) is 22.9 Å². The Morgan fingerprint density at radius 3 is 2.27 bits per heavy atom. The van der Waals surface area contributed by atoms with E-state index in [9.17, 15) is 23.2 Å². The van der Waals surface area contributed by atoms with Gasteiger partial charge in [-0.05, 0) is 38.1 Å². The monoisotopic (exact) mass is 411 g/mol. The molecule has 0 aliphatic carbocycles. The Morgan fingerprint density at radius 2 is 1.67 bits per heavy atom. The summed E-state index contributed by atoms with van der Waals surface area (Å²) >= 11 is 0. The first-order chi connectivity index (χ1) is 14.3. The lowest BCUT2D eigenvalue weighted by Gasteiger charge is -2.13. The van der Waals surface area contributed by atoms with Crippen molar-refractivity contribution >= 4 is 17.8 Å². The topological polar surface area (TPSA) is 81.5 Å². The summed E-state index contributed by atoms with van der Waals surface area (Å²) in [5.74, 6) is -3.82. The maximum Gasteiger partial charge on any atom is 0.337 e. The molecule has 0 unspecified atom stereocenters. The molecule has 4 rings (SSSR count). The number of fused-ring (bicyclic) bond motifs is 1. The molecule has 1 aromatic heterocycles. The summed E-state index contributed by atoms with van der Waals surface area (Å²) < 4.78 is 28.6. The van der Waals surface area contributed by atoms with Crippen LogP contribution in [0.3, 0.4) is 0 Å². The molecule has 0 saturated carbocycles. The Balaban J connectivity index is 1.56. The van der Waals surface area contributed by atoms with Crippen LogP contribution in [0.25, 0.3) is 5.69 Å². The van der Waals surface area contributed by atoms with Crippen molar-refractivity contribution < 1.29 is 28.0 Å². The Hall–Kier alpha value is -3.88. The van der Waals surface area contributed by atoms with Crippen LogP contribution in [0, 0.1) is 25.5 Å². The van der Waals surface area contributed by atoms with Crippen LogP contribution in [0.15, 0.2) is 42.5 Å². The van der Waals surface area contributed by atoms with E-state index in [4.69, 9.17) is 4.84 Å². The van der Waals surface area contributed by atoms with Crippen molar-refractivity contribution in [1.29, 1.82) is 0 Å². The number of carbonyl (C=O) groups excluding carboxylic acids is 3. The average Bonchev–Trinajstić information content (AvgIpc) is 3.11. The first kappa shape index (κ1) is 19.4. The van der Waals surface area contributed by atoms with Crippen molar-refractivity contribution in [3.63, 3.8) is 0 Å². The highest BCUT2D eigenvalue weighted by molar-refractivity contribution is 6.20. The highest BCUT2D eigenvalue weighted by atomic mass is 19.1. The third-order valence-electron chi connectivity index (χ3n) is 4.85. The molecule has 0 radical (unpaired) electrons. The Morgan fingerprint density at radius 1 is 1.03 bits per heavy atom.